The first-order valence-electron chi connectivity index (χ1n) is 9.38. The van der Waals surface area contributed by atoms with E-state index in [1.54, 1.807) is 12.1 Å². The first-order chi connectivity index (χ1) is 15.8. The van der Waals surface area contributed by atoms with Crippen LogP contribution in [0.1, 0.15) is 5.76 Å². The lowest BCUT2D eigenvalue weighted by Crippen LogP contribution is -2.54. The average molecular weight is 468 g/mol. The molecule has 11 heteroatoms. The molecule has 0 spiro atoms. The van der Waals surface area contributed by atoms with Gasteiger partial charge >= 0.3 is 6.03 Å². The summed E-state index contributed by atoms with van der Waals surface area (Å²) >= 11 is 6.14. The highest BCUT2D eigenvalue weighted by Gasteiger charge is 2.37. The standard InChI is InChI=1S/C22H14ClN3O7/c1-32-14-5-2-12(3-6-14)25-21(28)17(20(27)24-22(25)29)11-15-7-9-19(33-15)16-10-13(26(30)31)4-8-18(16)23/h2-11H,1H3,(H,24,27,29)/b17-11+. The van der Waals surface area contributed by atoms with E-state index in [1.165, 1.54) is 55.7 Å². The van der Waals surface area contributed by atoms with Crippen molar-refractivity contribution in [1.29, 1.82) is 0 Å². The third-order valence-electron chi connectivity index (χ3n) is 4.77. The van der Waals surface area contributed by atoms with Gasteiger partial charge in [-0.2, -0.15) is 0 Å². The highest BCUT2D eigenvalue weighted by atomic mass is 35.5. The molecule has 33 heavy (non-hydrogen) atoms. The zero-order valence-electron chi connectivity index (χ0n) is 16.9. The minimum atomic E-state index is -0.893. The summed E-state index contributed by atoms with van der Waals surface area (Å²) in [6.07, 6.45) is 1.18. The molecule has 1 saturated heterocycles. The maximum absolute atomic E-state index is 13.0. The first kappa shape index (κ1) is 21.8. The van der Waals surface area contributed by atoms with Gasteiger partial charge in [-0.15, -0.1) is 0 Å². The number of rotatable bonds is 5. The average Bonchev–Trinajstić information content (AvgIpc) is 3.25. The number of amides is 4. The van der Waals surface area contributed by atoms with E-state index in [1.807, 2.05) is 0 Å². The third-order valence-corrected chi connectivity index (χ3v) is 5.10. The Morgan fingerprint density at radius 1 is 1.09 bits per heavy atom. The summed E-state index contributed by atoms with van der Waals surface area (Å²) in [6, 6.07) is 12.1. The van der Waals surface area contributed by atoms with Crippen LogP contribution in [0.25, 0.3) is 17.4 Å². The van der Waals surface area contributed by atoms with Gasteiger partial charge in [-0.3, -0.25) is 25.0 Å². The van der Waals surface area contributed by atoms with Crippen molar-refractivity contribution in [2.75, 3.05) is 12.0 Å². The summed E-state index contributed by atoms with van der Waals surface area (Å²) in [4.78, 5) is 48.9. The van der Waals surface area contributed by atoms with Gasteiger partial charge in [0.2, 0.25) is 0 Å². The van der Waals surface area contributed by atoms with Crippen molar-refractivity contribution < 1.29 is 28.5 Å². The number of nitro groups is 1. The van der Waals surface area contributed by atoms with Gasteiger partial charge in [-0.05, 0) is 48.5 Å². The third kappa shape index (κ3) is 4.19. The second-order valence-electron chi connectivity index (χ2n) is 6.78. The van der Waals surface area contributed by atoms with Crippen LogP contribution < -0.4 is 15.0 Å². The molecule has 0 radical (unpaired) electrons. The number of carbonyl (C=O) groups excluding carboxylic acids is 3. The minimum absolute atomic E-state index is 0.107. The number of halogens is 1. The number of hydrogen-bond acceptors (Lipinski definition) is 7. The van der Waals surface area contributed by atoms with E-state index in [9.17, 15) is 24.5 Å². The summed E-state index contributed by atoms with van der Waals surface area (Å²) in [5.74, 6) is -0.905. The largest absolute Gasteiger partial charge is 0.497 e. The quantitative estimate of drug-likeness (QED) is 0.257. The van der Waals surface area contributed by atoms with Crippen LogP contribution in [0.4, 0.5) is 16.2 Å². The van der Waals surface area contributed by atoms with E-state index in [4.69, 9.17) is 20.8 Å². The molecule has 1 N–H and O–H groups in total. The van der Waals surface area contributed by atoms with Gasteiger partial charge in [0.1, 0.15) is 22.8 Å². The molecule has 1 aliphatic heterocycles. The predicted molar refractivity (Wildman–Crippen MR) is 118 cm³/mol. The maximum Gasteiger partial charge on any atom is 0.335 e. The molecule has 0 bridgehead atoms. The summed E-state index contributed by atoms with van der Waals surface area (Å²) in [5.41, 5.74) is -0.0113. The minimum Gasteiger partial charge on any atom is -0.497 e. The number of methoxy groups -OCH3 is 1. The van der Waals surface area contributed by atoms with Gasteiger partial charge in [0.25, 0.3) is 17.5 Å². The molecule has 0 atom stereocenters. The number of nitrogens with zero attached hydrogens (tertiary/aromatic N) is 2. The molecule has 166 valence electrons. The van der Waals surface area contributed by atoms with Crippen molar-refractivity contribution in [3.63, 3.8) is 0 Å². The Morgan fingerprint density at radius 3 is 2.48 bits per heavy atom. The van der Waals surface area contributed by atoms with Crippen molar-refractivity contribution in [3.8, 4) is 17.1 Å². The summed E-state index contributed by atoms with van der Waals surface area (Å²) in [7, 11) is 1.48. The molecule has 1 fully saturated rings. The van der Waals surface area contributed by atoms with Crippen LogP contribution in [0.5, 0.6) is 5.75 Å². The lowest BCUT2D eigenvalue weighted by Gasteiger charge is -2.26. The van der Waals surface area contributed by atoms with Crippen molar-refractivity contribution in [2.45, 2.75) is 0 Å². The van der Waals surface area contributed by atoms with Gasteiger partial charge < -0.3 is 9.15 Å². The Balaban J connectivity index is 1.67. The van der Waals surface area contributed by atoms with Gasteiger partial charge in [0, 0.05) is 17.7 Å². The highest BCUT2D eigenvalue weighted by molar-refractivity contribution is 6.39. The zero-order valence-corrected chi connectivity index (χ0v) is 17.7. The van der Waals surface area contributed by atoms with Crippen molar-refractivity contribution in [2.24, 2.45) is 0 Å². The number of ether oxygens (including phenoxy) is 1. The van der Waals surface area contributed by atoms with Crippen LogP contribution in [0, 0.1) is 10.1 Å². The van der Waals surface area contributed by atoms with E-state index in [0.717, 1.165) is 4.90 Å². The van der Waals surface area contributed by atoms with E-state index >= 15 is 0 Å². The van der Waals surface area contributed by atoms with Crippen molar-refractivity contribution in [1.82, 2.24) is 5.32 Å². The van der Waals surface area contributed by atoms with E-state index in [2.05, 4.69) is 5.32 Å². The van der Waals surface area contributed by atoms with Crippen molar-refractivity contribution in [3.05, 3.63) is 81.1 Å². The van der Waals surface area contributed by atoms with Crippen molar-refractivity contribution >= 4 is 46.9 Å². The van der Waals surface area contributed by atoms with Crippen LogP contribution in [0.2, 0.25) is 5.02 Å². The molecule has 2 aromatic carbocycles. The molecule has 2 heterocycles. The number of urea groups is 1. The Labute approximate surface area is 191 Å². The number of non-ortho nitro benzene ring substituents is 1. The van der Waals surface area contributed by atoms with Crippen LogP contribution in [-0.4, -0.2) is 29.9 Å². The number of nitrogens with one attached hydrogen (secondary N) is 1. The lowest BCUT2D eigenvalue weighted by atomic mass is 10.1. The molecule has 0 saturated carbocycles. The number of furan rings is 1. The fourth-order valence-corrected chi connectivity index (χ4v) is 3.37. The Morgan fingerprint density at radius 2 is 1.82 bits per heavy atom. The van der Waals surface area contributed by atoms with Gasteiger partial charge in [0.05, 0.1) is 22.7 Å². The molecule has 0 aliphatic carbocycles. The maximum atomic E-state index is 13.0. The van der Waals surface area contributed by atoms with Gasteiger partial charge in [-0.1, -0.05) is 11.6 Å². The van der Waals surface area contributed by atoms with E-state index in [-0.39, 0.29) is 39.1 Å². The number of carbonyl (C=O) groups is 3. The fourth-order valence-electron chi connectivity index (χ4n) is 3.16. The van der Waals surface area contributed by atoms with Crippen LogP contribution in [0.3, 0.4) is 0 Å². The predicted octanol–water partition coefficient (Wildman–Crippen LogP) is 4.18. The van der Waals surface area contributed by atoms with Gasteiger partial charge in [-0.25, -0.2) is 9.69 Å². The molecule has 3 aromatic rings. The monoisotopic (exact) mass is 467 g/mol. The topological polar surface area (TPSA) is 132 Å². The molecule has 1 aromatic heterocycles. The molecule has 1 aliphatic rings. The van der Waals surface area contributed by atoms with Crippen LogP contribution in [-0.2, 0) is 9.59 Å². The van der Waals surface area contributed by atoms with E-state index < -0.39 is 22.8 Å². The van der Waals surface area contributed by atoms with Gasteiger partial charge in [0.15, 0.2) is 0 Å². The number of benzene rings is 2. The smallest absolute Gasteiger partial charge is 0.335 e. The summed E-state index contributed by atoms with van der Waals surface area (Å²) in [6.45, 7) is 0. The fraction of sp³-hybridized carbons (Fsp3) is 0.0455. The molecule has 4 rings (SSSR count). The second-order valence-corrected chi connectivity index (χ2v) is 7.19. The number of anilines is 1. The SMILES string of the molecule is COc1ccc(N2C(=O)NC(=O)/C(=C\c3ccc(-c4cc([N+](=O)[O-])ccc4Cl)o3)C2=O)cc1. The Bertz CT molecular complexity index is 1330. The Hall–Kier alpha value is -4.44. The molecule has 0 unspecified atom stereocenters. The summed E-state index contributed by atoms with van der Waals surface area (Å²) in [5, 5.41) is 13.4. The number of hydrogen-bond donors (Lipinski definition) is 1. The highest BCUT2D eigenvalue weighted by Crippen LogP contribution is 2.33. The molecule has 10 nitrogen and oxygen atoms in total. The normalized spacial score (nSPS) is 15.0. The Kier molecular flexibility index (Phi) is 5.67. The number of barbiturate groups is 1. The van der Waals surface area contributed by atoms with Crippen LogP contribution in [0.15, 0.2) is 64.6 Å². The number of nitro benzene ring substituents is 1. The second kappa shape index (κ2) is 8.60. The molecular weight excluding hydrogens is 454 g/mol. The van der Waals surface area contributed by atoms with Crippen LogP contribution >= 0.6 is 11.6 Å². The molecular formula is C22H14ClN3O7. The first-order valence-corrected chi connectivity index (χ1v) is 9.76. The number of imide groups is 2. The zero-order chi connectivity index (χ0) is 23.7. The lowest BCUT2D eigenvalue weighted by molar-refractivity contribution is -0.384. The summed E-state index contributed by atoms with van der Waals surface area (Å²) < 4.78 is 10.7. The van der Waals surface area contributed by atoms with E-state index in [0.29, 0.717) is 5.75 Å². The molecule has 4 amide bonds.